The Morgan fingerprint density at radius 1 is 1.06 bits per heavy atom. The predicted octanol–water partition coefficient (Wildman–Crippen LogP) is 3.24. The van der Waals surface area contributed by atoms with Crippen molar-refractivity contribution in [2.45, 2.75) is 25.7 Å². The van der Waals surface area contributed by atoms with Crippen LogP contribution < -0.4 is 0 Å². The standard InChI is InChI=1S/C15H18FNO/c16-14-8-5-13(6-9-14)7-10-15(18)17-11-3-1-2-4-12-17/h5-10H,1-4,11-12H2/b10-7+. The van der Waals surface area contributed by atoms with Crippen LogP contribution in [0.15, 0.2) is 30.3 Å². The molecule has 0 aromatic heterocycles. The summed E-state index contributed by atoms with van der Waals surface area (Å²) in [6.07, 6.45) is 7.94. The highest BCUT2D eigenvalue weighted by Gasteiger charge is 2.12. The number of amides is 1. The predicted molar refractivity (Wildman–Crippen MR) is 70.5 cm³/mol. The Morgan fingerprint density at radius 3 is 2.28 bits per heavy atom. The fourth-order valence-corrected chi connectivity index (χ4v) is 2.14. The van der Waals surface area contributed by atoms with Crippen LogP contribution in [0.4, 0.5) is 4.39 Å². The van der Waals surface area contributed by atoms with Crippen LogP contribution in [0, 0.1) is 5.82 Å². The van der Waals surface area contributed by atoms with E-state index in [1.54, 1.807) is 24.3 Å². The second-order valence-corrected chi connectivity index (χ2v) is 4.62. The van der Waals surface area contributed by atoms with Gasteiger partial charge in [0.05, 0.1) is 0 Å². The van der Waals surface area contributed by atoms with E-state index in [0.717, 1.165) is 31.5 Å². The van der Waals surface area contributed by atoms with Gasteiger partial charge in [0.1, 0.15) is 5.82 Å². The van der Waals surface area contributed by atoms with Crippen molar-refractivity contribution < 1.29 is 9.18 Å². The summed E-state index contributed by atoms with van der Waals surface area (Å²) in [6.45, 7) is 1.71. The van der Waals surface area contributed by atoms with Crippen LogP contribution >= 0.6 is 0 Å². The molecule has 1 amide bonds. The van der Waals surface area contributed by atoms with Gasteiger partial charge in [-0.3, -0.25) is 4.79 Å². The minimum absolute atomic E-state index is 0.0567. The number of carbonyl (C=O) groups excluding carboxylic acids is 1. The van der Waals surface area contributed by atoms with E-state index < -0.39 is 0 Å². The number of benzene rings is 1. The highest BCUT2D eigenvalue weighted by molar-refractivity contribution is 5.91. The van der Waals surface area contributed by atoms with Gasteiger partial charge in [0, 0.05) is 19.2 Å². The number of hydrogen-bond donors (Lipinski definition) is 0. The van der Waals surface area contributed by atoms with Crippen molar-refractivity contribution in [2.24, 2.45) is 0 Å². The van der Waals surface area contributed by atoms with E-state index in [0.29, 0.717) is 0 Å². The first kappa shape index (κ1) is 12.8. The SMILES string of the molecule is O=C(/C=C/c1ccc(F)cc1)N1CCCCCC1. The third-order valence-corrected chi connectivity index (χ3v) is 3.21. The summed E-state index contributed by atoms with van der Waals surface area (Å²) in [7, 11) is 0. The highest BCUT2D eigenvalue weighted by Crippen LogP contribution is 2.11. The lowest BCUT2D eigenvalue weighted by Gasteiger charge is -2.17. The van der Waals surface area contributed by atoms with Gasteiger partial charge in [-0.05, 0) is 36.6 Å². The highest BCUT2D eigenvalue weighted by atomic mass is 19.1. The fourth-order valence-electron chi connectivity index (χ4n) is 2.14. The van der Waals surface area contributed by atoms with Crippen molar-refractivity contribution in [1.82, 2.24) is 4.90 Å². The topological polar surface area (TPSA) is 20.3 Å². The number of nitrogens with zero attached hydrogens (tertiary/aromatic N) is 1. The van der Waals surface area contributed by atoms with Gasteiger partial charge in [0.2, 0.25) is 5.91 Å². The third-order valence-electron chi connectivity index (χ3n) is 3.21. The van der Waals surface area contributed by atoms with Gasteiger partial charge in [-0.25, -0.2) is 4.39 Å². The third kappa shape index (κ3) is 3.69. The van der Waals surface area contributed by atoms with Crippen LogP contribution in [-0.4, -0.2) is 23.9 Å². The molecule has 2 rings (SSSR count). The van der Waals surface area contributed by atoms with Crippen LogP contribution in [0.2, 0.25) is 0 Å². The summed E-state index contributed by atoms with van der Waals surface area (Å²) >= 11 is 0. The molecule has 1 heterocycles. The van der Waals surface area contributed by atoms with Crippen molar-refractivity contribution in [2.75, 3.05) is 13.1 Å². The first-order chi connectivity index (χ1) is 8.75. The van der Waals surface area contributed by atoms with Gasteiger partial charge < -0.3 is 4.90 Å². The zero-order chi connectivity index (χ0) is 12.8. The molecule has 0 aliphatic carbocycles. The summed E-state index contributed by atoms with van der Waals surface area (Å²) in [6, 6.07) is 6.13. The molecule has 0 bridgehead atoms. The largest absolute Gasteiger partial charge is 0.339 e. The molecule has 0 atom stereocenters. The molecule has 1 fully saturated rings. The molecular weight excluding hydrogens is 229 g/mol. The van der Waals surface area contributed by atoms with E-state index in [1.807, 2.05) is 4.90 Å². The van der Waals surface area contributed by atoms with Crippen LogP contribution in [0.25, 0.3) is 6.08 Å². The molecule has 2 nitrogen and oxygen atoms in total. The second kappa shape index (κ2) is 6.34. The smallest absolute Gasteiger partial charge is 0.246 e. The summed E-state index contributed by atoms with van der Waals surface area (Å²) in [5.41, 5.74) is 0.847. The molecule has 18 heavy (non-hydrogen) atoms. The molecule has 1 aliphatic rings. The molecule has 0 N–H and O–H groups in total. The zero-order valence-electron chi connectivity index (χ0n) is 10.4. The number of rotatable bonds is 2. The van der Waals surface area contributed by atoms with E-state index in [-0.39, 0.29) is 11.7 Å². The van der Waals surface area contributed by atoms with Crippen LogP contribution in [0.1, 0.15) is 31.2 Å². The number of halogens is 1. The molecular formula is C15H18FNO. The van der Waals surface area contributed by atoms with Crippen molar-refractivity contribution in [1.29, 1.82) is 0 Å². The van der Waals surface area contributed by atoms with Crippen molar-refractivity contribution in [3.05, 3.63) is 41.7 Å². The number of carbonyl (C=O) groups is 1. The Balaban J connectivity index is 1.95. The Kier molecular flexibility index (Phi) is 4.51. The Bertz CT molecular complexity index is 417. The van der Waals surface area contributed by atoms with Crippen LogP contribution in [0.5, 0.6) is 0 Å². The maximum atomic E-state index is 12.7. The van der Waals surface area contributed by atoms with Crippen LogP contribution in [0.3, 0.4) is 0 Å². The lowest BCUT2D eigenvalue weighted by Crippen LogP contribution is -2.30. The monoisotopic (exact) mass is 247 g/mol. The second-order valence-electron chi connectivity index (χ2n) is 4.62. The van der Waals surface area contributed by atoms with Crippen LogP contribution in [-0.2, 0) is 4.79 Å². The molecule has 1 aromatic rings. The lowest BCUT2D eigenvalue weighted by atomic mass is 10.2. The van der Waals surface area contributed by atoms with Crippen molar-refractivity contribution in [3.63, 3.8) is 0 Å². The molecule has 1 saturated heterocycles. The first-order valence-corrected chi connectivity index (χ1v) is 6.48. The molecule has 0 saturated carbocycles. The van der Waals surface area contributed by atoms with Gasteiger partial charge in [0.15, 0.2) is 0 Å². The zero-order valence-corrected chi connectivity index (χ0v) is 10.4. The quantitative estimate of drug-likeness (QED) is 0.735. The molecule has 0 radical (unpaired) electrons. The van der Waals surface area contributed by atoms with E-state index in [2.05, 4.69) is 0 Å². The van der Waals surface area contributed by atoms with E-state index in [1.165, 1.54) is 25.0 Å². The van der Waals surface area contributed by atoms with Gasteiger partial charge >= 0.3 is 0 Å². The number of likely N-dealkylation sites (tertiary alicyclic amines) is 1. The molecule has 0 unspecified atom stereocenters. The Morgan fingerprint density at radius 2 is 1.67 bits per heavy atom. The van der Waals surface area contributed by atoms with Crippen molar-refractivity contribution >= 4 is 12.0 Å². The lowest BCUT2D eigenvalue weighted by molar-refractivity contribution is -0.125. The Hall–Kier alpha value is -1.64. The maximum absolute atomic E-state index is 12.7. The summed E-state index contributed by atoms with van der Waals surface area (Å²) in [4.78, 5) is 13.9. The first-order valence-electron chi connectivity index (χ1n) is 6.48. The molecule has 1 aliphatic heterocycles. The van der Waals surface area contributed by atoms with E-state index in [9.17, 15) is 9.18 Å². The van der Waals surface area contributed by atoms with E-state index in [4.69, 9.17) is 0 Å². The maximum Gasteiger partial charge on any atom is 0.246 e. The molecule has 3 heteroatoms. The summed E-state index contributed by atoms with van der Waals surface area (Å²) < 4.78 is 12.7. The molecule has 0 spiro atoms. The molecule has 1 aromatic carbocycles. The van der Waals surface area contributed by atoms with E-state index >= 15 is 0 Å². The van der Waals surface area contributed by atoms with Crippen molar-refractivity contribution in [3.8, 4) is 0 Å². The van der Waals surface area contributed by atoms with Gasteiger partial charge in [-0.15, -0.1) is 0 Å². The molecule has 96 valence electrons. The summed E-state index contributed by atoms with van der Waals surface area (Å²) in [5, 5.41) is 0. The van der Waals surface area contributed by atoms with Gasteiger partial charge in [-0.1, -0.05) is 25.0 Å². The summed E-state index contributed by atoms with van der Waals surface area (Å²) in [5.74, 6) is -0.202. The Labute approximate surface area is 107 Å². The minimum Gasteiger partial charge on any atom is -0.339 e. The average Bonchev–Trinajstić information content (AvgIpc) is 2.66. The number of hydrogen-bond acceptors (Lipinski definition) is 1. The fraction of sp³-hybridized carbons (Fsp3) is 0.400. The van der Waals surface area contributed by atoms with Gasteiger partial charge in [0.25, 0.3) is 0 Å². The minimum atomic E-state index is -0.258. The van der Waals surface area contributed by atoms with Gasteiger partial charge in [-0.2, -0.15) is 0 Å². The average molecular weight is 247 g/mol. The normalized spacial score (nSPS) is 16.8.